The molecule has 7 heteroatoms. The molecule has 3 aromatic heterocycles. The third-order valence-corrected chi connectivity index (χ3v) is 2.74. The van der Waals surface area contributed by atoms with E-state index in [1.54, 1.807) is 22.7 Å². The summed E-state index contributed by atoms with van der Waals surface area (Å²) in [5.74, 6) is -0.226. The number of hydrogen-bond acceptors (Lipinski definition) is 4. The Balaban J connectivity index is 2.23. The van der Waals surface area contributed by atoms with E-state index in [1.165, 1.54) is 17.1 Å². The number of nitrogens with two attached hydrogens (primary N) is 1. The van der Waals surface area contributed by atoms with Gasteiger partial charge in [-0.2, -0.15) is 5.10 Å². The highest BCUT2D eigenvalue weighted by atomic mass is 16.1. The average molecular weight is 255 g/mol. The first-order valence-electron chi connectivity index (χ1n) is 5.48. The molecule has 0 saturated carbocycles. The molecule has 2 N–H and O–H groups in total. The van der Waals surface area contributed by atoms with Gasteiger partial charge in [0, 0.05) is 12.4 Å². The fourth-order valence-electron chi connectivity index (χ4n) is 1.85. The van der Waals surface area contributed by atoms with Crippen LogP contribution in [0.4, 0.5) is 0 Å². The van der Waals surface area contributed by atoms with E-state index in [0.29, 0.717) is 23.4 Å². The second-order valence-electron chi connectivity index (χ2n) is 3.91. The minimum absolute atomic E-state index is 0.258. The summed E-state index contributed by atoms with van der Waals surface area (Å²) in [6.45, 7) is 0. The number of carbonyl (C=O) groups excluding carboxylic acids is 2. The van der Waals surface area contributed by atoms with Gasteiger partial charge in [-0.25, -0.2) is 9.67 Å². The van der Waals surface area contributed by atoms with E-state index in [2.05, 4.69) is 10.1 Å². The van der Waals surface area contributed by atoms with Crippen molar-refractivity contribution in [1.82, 2.24) is 19.2 Å². The zero-order chi connectivity index (χ0) is 13.4. The molecule has 94 valence electrons. The first-order chi connectivity index (χ1) is 9.20. The van der Waals surface area contributed by atoms with Crippen LogP contribution in [-0.2, 0) is 0 Å². The van der Waals surface area contributed by atoms with Gasteiger partial charge in [0.25, 0.3) is 5.91 Å². The van der Waals surface area contributed by atoms with Crippen LogP contribution in [0.25, 0.3) is 11.5 Å². The molecular formula is C12H9N5O2. The third kappa shape index (κ3) is 1.68. The zero-order valence-electron chi connectivity index (χ0n) is 9.72. The van der Waals surface area contributed by atoms with Gasteiger partial charge in [0.2, 0.25) is 0 Å². The quantitative estimate of drug-likeness (QED) is 0.686. The fraction of sp³-hybridized carbons (Fsp3) is 0. The third-order valence-electron chi connectivity index (χ3n) is 2.74. The van der Waals surface area contributed by atoms with E-state index in [1.807, 2.05) is 6.07 Å². The molecule has 3 rings (SSSR count). The number of fused-ring (bicyclic) bond motifs is 1. The van der Waals surface area contributed by atoms with Crippen molar-refractivity contribution in [2.75, 3.05) is 0 Å². The van der Waals surface area contributed by atoms with Gasteiger partial charge in [0.1, 0.15) is 11.3 Å². The number of rotatable bonds is 3. The zero-order valence-corrected chi connectivity index (χ0v) is 9.72. The molecule has 3 heterocycles. The molecule has 0 unspecified atom stereocenters. The summed E-state index contributed by atoms with van der Waals surface area (Å²) in [6.07, 6.45) is 5.20. The van der Waals surface area contributed by atoms with Crippen molar-refractivity contribution in [1.29, 1.82) is 0 Å². The Bertz CT molecular complexity index is 786. The molecule has 0 spiro atoms. The Hall–Kier alpha value is -2.96. The molecule has 0 aliphatic rings. The first-order valence-corrected chi connectivity index (χ1v) is 5.48. The normalized spacial score (nSPS) is 10.7. The maximum absolute atomic E-state index is 11.2. The van der Waals surface area contributed by atoms with E-state index >= 15 is 0 Å². The number of primary amides is 1. The molecular weight excluding hydrogens is 246 g/mol. The Morgan fingerprint density at radius 1 is 1.37 bits per heavy atom. The van der Waals surface area contributed by atoms with Crippen LogP contribution in [0.5, 0.6) is 0 Å². The number of amides is 1. The summed E-state index contributed by atoms with van der Waals surface area (Å²) in [5.41, 5.74) is 6.40. The Labute approximate surface area is 107 Å². The standard InChI is InChI=1S/C12H9N5O2/c13-11(19)8-5-14-17(6-8)12-9(7-18)16-4-2-1-3-10(16)15-12/h1-7H,(H2,13,19). The highest BCUT2D eigenvalue weighted by Crippen LogP contribution is 2.15. The lowest BCUT2D eigenvalue weighted by molar-refractivity contribution is 0.1000. The van der Waals surface area contributed by atoms with Crippen molar-refractivity contribution in [2.24, 2.45) is 5.73 Å². The number of carbonyl (C=O) groups is 2. The summed E-state index contributed by atoms with van der Waals surface area (Å²) in [5, 5.41) is 3.99. The van der Waals surface area contributed by atoms with Crippen molar-refractivity contribution in [3.05, 3.63) is 48.0 Å². The minimum atomic E-state index is -0.581. The SMILES string of the molecule is NC(=O)c1cnn(-c2nc3ccccn3c2C=O)c1. The molecule has 19 heavy (non-hydrogen) atoms. The van der Waals surface area contributed by atoms with Crippen molar-refractivity contribution < 1.29 is 9.59 Å². The summed E-state index contributed by atoms with van der Waals surface area (Å²) >= 11 is 0. The lowest BCUT2D eigenvalue weighted by Crippen LogP contribution is -2.09. The summed E-state index contributed by atoms with van der Waals surface area (Å²) < 4.78 is 3.00. The van der Waals surface area contributed by atoms with Crippen molar-refractivity contribution >= 4 is 17.8 Å². The summed E-state index contributed by atoms with van der Waals surface area (Å²) in [7, 11) is 0. The van der Waals surface area contributed by atoms with E-state index in [0.717, 1.165) is 0 Å². The molecule has 7 nitrogen and oxygen atoms in total. The molecule has 1 amide bonds. The smallest absolute Gasteiger partial charge is 0.251 e. The molecule has 0 fully saturated rings. The van der Waals surface area contributed by atoms with Gasteiger partial charge >= 0.3 is 0 Å². The van der Waals surface area contributed by atoms with Gasteiger partial charge in [-0.15, -0.1) is 0 Å². The number of aldehydes is 1. The van der Waals surface area contributed by atoms with Gasteiger partial charge in [0.05, 0.1) is 11.8 Å². The van der Waals surface area contributed by atoms with Crippen LogP contribution < -0.4 is 5.73 Å². The predicted octanol–water partition coefficient (Wildman–Crippen LogP) is 0.431. The molecule has 0 aliphatic heterocycles. The van der Waals surface area contributed by atoms with Crippen molar-refractivity contribution in [2.45, 2.75) is 0 Å². The second-order valence-corrected chi connectivity index (χ2v) is 3.91. The van der Waals surface area contributed by atoms with Crippen molar-refractivity contribution in [3.8, 4) is 5.82 Å². The van der Waals surface area contributed by atoms with Gasteiger partial charge < -0.3 is 5.73 Å². The Morgan fingerprint density at radius 2 is 2.21 bits per heavy atom. The Morgan fingerprint density at radius 3 is 2.89 bits per heavy atom. The average Bonchev–Trinajstić information content (AvgIpc) is 3.02. The van der Waals surface area contributed by atoms with E-state index in [9.17, 15) is 9.59 Å². The summed E-state index contributed by atoms with van der Waals surface area (Å²) in [4.78, 5) is 26.6. The van der Waals surface area contributed by atoms with Crippen LogP contribution >= 0.6 is 0 Å². The van der Waals surface area contributed by atoms with Gasteiger partial charge in [-0.05, 0) is 12.1 Å². The van der Waals surface area contributed by atoms with Crippen LogP contribution in [0.3, 0.4) is 0 Å². The molecule has 0 radical (unpaired) electrons. The van der Waals surface area contributed by atoms with Crippen LogP contribution in [-0.4, -0.2) is 31.4 Å². The summed E-state index contributed by atoms with van der Waals surface area (Å²) in [6, 6.07) is 5.39. The van der Waals surface area contributed by atoms with Crippen LogP contribution in [0.2, 0.25) is 0 Å². The maximum atomic E-state index is 11.2. The fourth-order valence-corrected chi connectivity index (χ4v) is 1.85. The number of pyridine rings is 1. The Kier molecular flexibility index (Phi) is 2.38. The van der Waals surface area contributed by atoms with Crippen LogP contribution in [0.15, 0.2) is 36.8 Å². The lowest BCUT2D eigenvalue weighted by Gasteiger charge is -1.96. The molecule has 3 aromatic rings. The van der Waals surface area contributed by atoms with Crippen molar-refractivity contribution in [3.63, 3.8) is 0 Å². The molecule has 0 atom stereocenters. The molecule has 0 bridgehead atoms. The molecule has 0 saturated heterocycles. The second kappa shape index (κ2) is 4.05. The topological polar surface area (TPSA) is 95.3 Å². The van der Waals surface area contributed by atoms with Gasteiger partial charge in [-0.3, -0.25) is 14.0 Å². The minimum Gasteiger partial charge on any atom is -0.366 e. The van der Waals surface area contributed by atoms with E-state index in [4.69, 9.17) is 5.73 Å². The molecule has 0 aromatic carbocycles. The number of aromatic nitrogens is 4. The van der Waals surface area contributed by atoms with Gasteiger partial charge in [-0.1, -0.05) is 6.07 Å². The number of nitrogens with zero attached hydrogens (tertiary/aromatic N) is 4. The van der Waals surface area contributed by atoms with E-state index in [-0.39, 0.29) is 5.56 Å². The maximum Gasteiger partial charge on any atom is 0.251 e. The van der Waals surface area contributed by atoms with Gasteiger partial charge in [0.15, 0.2) is 12.1 Å². The number of imidazole rings is 1. The van der Waals surface area contributed by atoms with E-state index < -0.39 is 5.91 Å². The highest BCUT2D eigenvalue weighted by molar-refractivity contribution is 5.92. The first kappa shape index (κ1) is 11.1. The largest absolute Gasteiger partial charge is 0.366 e. The van der Waals surface area contributed by atoms with Crippen LogP contribution in [0.1, 0.15) is 20.8 Å². The highest BCUT2D eigenvalue weighted by Gasteiger charge is 2.14. The lowest BCUT2D eigenvalue weighted by atomic mass is 10.3. The predicted molar refractivity (Wildman–Crippen MR) is 66.2 cm³/mol. The molecule has 0 aliphatic carbocycles. The number of hydrogen-bond donors (Lipinski definition) is 1. The van der Waals surface area contributed by atoms with Crippen LogP contribution in [0, 0.1) is 0 Å². The monoisotopic (exact) mass is 255 g/mol.